The minimum Gasteiger partial charge on any atom is -0.458 e. The molecule has 0 bridgehead atoms. The number of carbonyl (C=O) groups excluding carboxylic acids is 2. The fraction of sp³-hybridized carbons (Fsp3) is 0.423. The number of amides is 1. The Balaban J connectivity index is 1.98. The molecule has 0 aromatic carbocycles. The molecule has 0 unspecified atom stereocenters. The lowest BCUT2D eigenvalue weighted by Gasteiger charge is -2.24. The third kappa shape index (κ3) is 6.80. The van der Waals surface area contributed by atoms with Crippen LogP contribution in [0.1, 0.15) is 57.5 Å². The molecule has 0 saturated heterocycles. The van der Waals surface area contributed by atoms with Crippen molar-refractivity contribution in [2.24, 2.45) is 0 Å². The molecule has 2 atom stereocenters. The van der Waals surface area contributed by atoms with Crippen molar-refractivity contribution in [2.45, 2.75) is 65.0 Å². The quantitative estimate of drug-likeness (QED) is 0.392. The fourth-order valence-electron chi connectivity index (χ4n) is 3.36. The number of rotatable bonds is 8. The van der Waals surface area contributed by atoms with Crippen molar-refractivity contribution >= 4 is 23.1 Å². The van der Waals surface area contributed by atoms with Gasteiger partial charge in [-0.1, -0.05) is 0 Å². The number of nitrogens with one attached hydrogen (secondary N) is 2. The zero-order valence-electron chi connectivity index (χ0n) is 21.7. The summed E-state index contributed by atoms with van der Waals surface area (Å²) in [6.07, 6.45) is 1.05. The van der Waals surface area contributed by atoms with E-state index in [4.69, 9.17) is 10.00 Å². The molecule has 3 N–H and O–H groups in total. The highest BCUT2D eigenvalue weighted by Gasteiger charge is 2.28. The number of fused-ring (bicyclic) bond motifs is 1. The van der Waals surface area contributed by atoms with Crippen LogP contribution in [0.4, 0.5) is 10.1 Å². The molecule has 10 nitrogen and oxygen atoms in total. The van der Waals surface area contributed by atoms with Gasteiger partial charge in [-0.15, -0.1) is 0 Å². The Morgan fingerprint density at radius 3 is 2.54 bits per heavy atom. The van der Waals surface area contributed by atoms with Crippen molar-refractivity contribution in [3.63, 3.8) is 0 Å². The summed E-state index contributed by atoms with van der Waals surface area (Å²) in [5.41, 5.74) is 0.111. The summed E-state index contributed by atoms with van der Waals surface area (Å²) in [4.78, 5) is 30.0. The molecule has 0 fully saturated rings. The van der Waals surface area contributed by atoms with E-state index in [2.05, 4.69) is 20.7 Å². The van der Waals surface area contributed by atoms with Crippen molar-refractivity contribution in [1.82, 2.24) is 19.9 Å². The van der Waals surface area contributed by atoms with Crippen molar-refractivity contribution < 1.29 is 23.8 Å². The molecule has 0 saturated carbocycles. The number of hydrogen-bond donors (Lipinski definition) is 3. The maximum atomic E-state index is 14.2. The topological polar surface area (TPSA) is 142 Å². The number of esters is 1. The van der Waals surface area contributed by atoms with E-state index in [9.17, 15) is 19.1 Å². The Hall–Kier alpha value is -4.04. The largest absolute Gasteiger partial charge is 0.458 e. The molecule has 196 valence electrons. The van der Waals surface area contributed by atoms with Crippen LogP contribution >= 0.6 is 0 Å². The van der Waals surface area contributed by atoms with Gasteiger partial charge in [-0.3, -0.25) is 9.78 Å². The van der Waals surface area contributed by atoms with Crippen molar-refractivity contribution in [3.8, 4) is 17.5 Å². The van der Waals surface area contributed by atoms with Gasteiger partial charge in [0.05, 0.1) is 52.1 Å². The molecule has 3 rings (SSSR count). The summed E-state index contributed by atoms with van der Waals surface area (Å²) in [5.74, 6) is -1.16. The monoisotopic (exact) mass is 510 g/mol. The SMILES string of the molecule is C[C@H](Nc1cc(-c2ccc3cc(C#N)cnn23)ncc1C(=O)NC[C@@H](F)C(C)(C)O)C(=O)OC(C)(C)C. The Labute approximate surface area is 214 Å². The first-order chi connectivity index (χ1) is 17.2. The first kappa shape index (κ1) is 27.5. The predicted molar refractivity (Wildman–Crippen MR) is 136 cm³/mol. The van der Waals surface area contributed by atoms with Crippen LogP contribution in [0.2, 0.25) is 0 Å². The zero-order chi connectivity index (χ0) is 27.5. The molecule has 0 spiro atoms. The van der Waals surface area contributed by atoms with Crippen LogP contribution in [0.3, 0.4) is 0 Å². The number of alkyl halides is 1. The van der Waals surface area contributed by atoms with Gasteiger partial charge in [0.1, 0.15) is 23.9 Å². The summed E-state index contributed by atoms with van der Waals surface area (Å²) >= 11 is 0. The van der Waals surface area contributed by atoms with Crippen LogP contribution in [0.15, 0.2) is 36.7 Å². The molecule has 37 heavy (non-hydrogen) atoms. The minimum atomic E-state index is -1.70. The average molecular weight is 511 g/mol. The summed E-state index contributed by atoms with van der Waals surface area (Å²) in [5, 5.41) is 28.7. The molecular weight excluding hydrogens is 479 g/mol. The van der Waals surface area contributed by atoms with Crippen LogP contribution in [0.5, 0.6) is 0 Å². The van der Waals surface area contributed by atoms with Gasteiger partial charge in [-0.2, -0.15) is 10.4 Å². The van der Waals surface area contributed by atoms with Crippen LogP contribution in [-0.4, -0.2) is 61.5 Å². The van der Waals surface area contributed by atoms with Gasteiger partial charge in [0, 0.05) is 6.20 Å². The molecule has 0 radical (unpaired) electrons. The highest BCUT2D eigenvalue weighted by Crippen LogP contribution is 2.26. The maximum absolute atomic E-state index is 14.2. The second kappa shape index (κ2) is 10.5. The summed E-state index contributed by atoms with van der Waals surface area (Å²) < 4.78 is 21.3. The predicted octanol–water partition coefficient (Wildman–Crippen LogP) is 3.25. The summed E-state index contributed by atoms with van der Waals surface area (Å²) in [6.45, 7) is 9.05. The molecule has 1 amide bonds. The van der Waals surface area contributed by atoms with Gasteiger partial charge in [-0.25, -0.2) is 13.7 Å². The number of halogens is 1. The summed E-state index contributed by atoms with van der Waals surface area (Å²) in [7, 11) is 0. The lowest BCUT2D eigenvalue weighted by atomic mass is 10.0. The van der Waals surface area contributed by atoms with Crippen LogP contribution < -0.4 is 10.6 Å². The number of pyridine rings is 1. The van der Waals surface area contributed by atoms with Gasteiger partial charge < -0.3 is 20.5 Å². The Kier molecular flexibility index (Phi) is 7.83. The van der Waals surface area contributed by atoms with E-state index in [1.165, 1.54) is 26.2 Å². The number of anilines is 1. The molecule has 3 heterocycles. The molecular formula is C26H31FN6O4. The van der Waals surface area contributed by atoms with E-state index < -0.39 is 41.8 Å². The molecule has 0 aliphatic heterocycles. The third-order valence-corrected chi connectivity index (χ3v) is 5.38. The average Bonchev–Trinajstić information content (AvgIpc) is 3.23. The van der Waals surface area contributed by atoms with Gasteiger partial charge in [0.15, 0.2) is 0 Å². The van der Waals surface area contributed by atoms with E-state index in [1.807, 2.05) is 6.07 Å². The first-order valence-corrected chi connectivity index (χ1v) is 11.7. The van der Waals surface area contributed by atoms with Gasteiger partial charge in [-0.05, 0) is 65.8 Å². The van der Waals surface area contributed by atoms with Gasteiger partial charge in [0.2, 0.25) is 0 Å². The van der Waals surface area contributed by atoms with E-state index in [0.29, 0.717) is 22.5 Å². The number of nitrogens with zero attached hydrogens (tertiary/aromatic N) is 4. The van der Waals surface area contributed by atoms with E-state index in [-0.39, 0.29) is 11.3 Å². The summed E-state index contributed by atoms with van der Waals surface area (Å²) in [6, 6.07) is 8.02. The van der Waals surface area contributed by atoms with Crippen LogP contribution in [0, 0.1) is 11.3 Å². The van der Waals surface area contributed by atoms with Crippen molar-refractivity contribution in [1.29, 1.82) is 5.26 Å². The van der Waals surface area contributed by atoms with E-state index >= 15 is 0 Å². The number of hydrogen-bond acceptors (Lipinski definition) is 8. The minimum absolute atomic E-state index is 0.0719. The highest BCUT2D eigenvalue weighted by molar-refractivity contribution is 6.00. The van der Waals surface area contributed by atoms with Crippen molar-refractivity contribution in [2.75, 3.05) is 11.9 Å². The maximum Gasteiger partial charge on any atom is 0.328 e. The number of nitriles is 1. The molecule has 3 aromatic heterocycles. The lowest BCUT2D eigenvalue weighted by Crippen LogP contribution is -2.42. The molecule has 0 aliphatic rings. The Morgan fingerprint density at radius 2 is 1.92 bits per heavy atom. The van der Waals surface area contributed by atoms with E-state index in [1.54, 1.807) is 56.5 Å². The third-order valence-electron chi connectivity index (χ3n) is 5.38. The first-order valence-electron chi connectivity index (χ1n) is 11.7. The van der Waals surface area contributed by atoms with E-state index in [0.717, 1.165) is 0 Å². The highest BCUT2D eigenvalue weighted by atomic mass is 19.1. The second-order valence-corrected chi connectivity index (χ2v) is 10.3. The smallest absolute Gasteiger partial charge is 0.328 e. The number of aliphatic hydroxyl groups is 1. The second-order valence-electron chi connectivity index (χ2n) is 10.3. The van der Waals surface area contributed by atoms with Crippen molar-refractivity contribution in [3.05, 3.63) is 47.8 Å². The molecule has 0 aliphatic carbocycles. The normalized spacial score (nSPS) is 13.5. The Bertz CT molecular complexity index is 1350. The van der Waals surface area contributed by atoms with Gasteiger partial charge >= 0.3 is 5.97 Å². The molecule has 3 aromatic rings. The zero-order valence-corrected chi connectivity index (χ0v) is 21.7. The lowest BCUT2D eigenvalue weighted by molar-refractivity contribution is -0.155. The Morgan fingerprint density at radius 1 is 1.22 bits per heavy atom. The van der Waals surface area contributed by atoms with Crippen LogP contribution in [-0.2, 0) is 9.53 Å². The standard InChI is InChI=1S/C26H31FN6O4/c1-15(24(35)37-25(2,3)4)32-19-10-20(21-8-7-17-9-16(11-28)12-31-33(17)21)29-13-18(19)23(34)30-14-22(27)26(5,6)36/h7-10,12-13,15,22,36H,14H2,1-6H3,(H,29,32)(H,30,34)/t15-,22+/m0/s1. The van der Waals surface area contributed by atoms with Crippen LogP contribution in [0.25, 0.3) is 16.9 Å². The van der Waals surface area contributed by atoms with Gasteiger partial charge in [0.25, 0.3) is 5.91 Å². The number of carbonyl (C=O) groups is 2. The fourth-order valence-corrected chi connectivity index (χ4v) is 3.36. The number of ether oxygens (including phenoxy) is 1. The molecule has 11 heteroatoms. The number of aromatic nitrogens is 3.